The van der Waals surface area contributed by atoms with E-state index in [1.165, 1.54) is 32.4 Å². The zero-order valence-electron chi connectivity index (χ0n) is 12.1. The van der Waals surface area contributed by atoms with Gasteiger partial charge < -0.3 is 10.6 Å². The maximum absolute atomic E-state index is 4.20. The Labute approximate surface area is 112 Å². The first-order chi connectivity index (χ1) is 8.60. The summed E-state index contributed by atoms with van der Waals surface area (Å²) in [6, 6.07) is 0. The standard InChI is InChI=1S/C14H28N4/c1-5-9-16-13(15-4)17-12-14(2,3)18-10-7-6-8-11-18/h5H,1,6-12H2,2-4H3,(H2,15,16,17). The largest absolute Gasteiger partial charge is 0.355 e. The highest BCUT2D eigenvalue weighted by Crippen LogP contribution is 2.19. The average Bonchev–Trinajstić information content (AvgIpc) is 2.40. The number of hydrogen-bond acceptors (Lipinski definition) is 2. The molecule has 0 bridgehead atoms. The van der Waals surface area contributed by atoms with Gasteiger partial charge in [-0.2, -0.15) is 0 Å². The molecule has 0 unspecified atom stereocenters. The first-order valence-corrected chi connectivity index (χ1v) is 6.90. The number of guanidine groups is 1. The van der Waals surface area contributed by atoms with Crippen molar-refractivity contribution in [1.29, 1.82) is 0 Å². The molecule has 1 aliphatic rings. The van der Waals surface area contributed by atoms with Gasteiger partial charge in [0.2, 0.25) is 0 Å². The van der Waals surface area contributed by atoms with Gasteiger partial charge in [0, 0.05) is 25.7 Å². The smallest absolute Gasteiger partial charge is 0.191 e. The average molecular weight is 252 g/mol. The zero-order chi connectivity index (χ0) is 13.4. The van der Waals surface area contributed by atoms with Crippen molar-refractivity contribution in [3.8, 4) is 0 Å². The van der Waals surface area contributed by atoms with Crippen LogP contribution in [0, 0.1) is 0 Å². The Hall–Kier alpha value is -1.03. The molecule has 0 spiro atoms. The van der Waals surface area contributed by atoms with Gasteiger partial charge in [0.1, 0.15) is 0 Å². The molecule has 1 saturated heterocycles. The second-order valence-electron chi connectivity index (χ2n) is 5.46. The van der Waals surface area contributed by atoms with Crippen molar-refractivity contribution < 1.29 is 0 Å². The summed E-state index contributed by atoms with van der Waals surface area (Å²) in [5.41, 5.74) is 0.173. The lowest BCUT2D eigenvalue weighted by Crippen LogP contribution is -2.54. The lowest BCUT2D eigenvalue weighted by atomic mass is 9.98. The maximum Gasteiger partial charge on any atom is 0.191 e. The van der Waals surface area contributed by atoms with E-state index in [9.17, 15) is 0 Å². The van der Waals surface area contributed by atoms with E-state index >= 15 is 0 Å². The summed E-state index contributed by atoms with van der Waals surface area (Å²) < 4.78 is 0. The van der Waals surface area contributed by atoms with Crippen LogP contribution in [0.5, 0.6) is 0 Å². The van der Waals surface area contributed by atoms with E-state index in [1.807, 2.05) is 6.08 Å². The van der Waals surface area contributed by atoms with Crippen LogP contribution in [0.2, 0.25) is 0 Å². The van der Waals surface area contributed by atoms with E-state index in [2.05, 4.69) is 41.0 Å². The van der Waals surface area contributed by atoms with Crippen LogP contribution in [-0.4, -0.2) is 49.6 Å². The number of hydrogen-bond donors (Lipinski definition) is 2. The number of nitrogens with zero attached hydrogens (tertiary/aromatic N) is 2. The molecule has 4 nitrogen and oxygen atoms in total. The van der Waals surface area contributed by atoms with Crippen LogP contribution in [0.15, 0.2) is 17.6 Å². The van der Waals surface area contributed by atoms with Crippen LogP contribution >= 0.6 is 0 Å². The highest BCUT2D eigenvalue weighted by Gasteiger charge is 2.27. The van der Waals surface area contributed by atoms with E-state index in [-0.39, 0.29) is 5.54 Å². The number of aliphatic imine (C=N–C) groups is 1. The summed E-state index contributed by atoms with van der Waals surface area (Å²) in [5, 5.41) is 6.59. The van der Waals surface area contributed by atoms with Crippen LogP contribution < -0.4 is 10.6 Å². The Kier molecular flexibility index (Phi) is 6.19. The molecule has 1 rings (SSSR count). The summed E-state index contributed by atoms with van der Waals surface area (Å²) >= 11 is 0. The normalized spacial score (nSPS) is 18.5. The van der Waals surface area contributed by atoms with Crippen molar-refractivity contribution in [3.05, 3.63) is 12.7 Å². The molecule has 2 N–H and O–H groups in total. The Bertz CT molecular complexity index is 278. The van der Waals surface area contributed by atoms with E-state index in [4.69, 9.17) is 0 Å². The summed E-state index contributed by atoms with van der Waals surface area (Å²) in [6.07, 6.45) is 5.87. The molecule has 4 heteroatoms. The van der Waals surface area contributed by atoms with Crippen LogP contribution in [0.4, 0.5) is 0 Å². The minimum atomic E-state index is 0.173. The predicted octanol–water partition coefficient (Wildman–Crippen LogP) is 1.60. The summed E-state index contributed by atoms with van der Waals surface area (Å²) in [5.74, 6) is 0.847. The van der Waals surface area contributed by atoms with Crippen molar-refractivity contribution in [1.82, 2.24) is 15.5 Å². The fourth-order valence-corrected chi connectivity index (χ4v) is 2.30. The highest BCUT2D eigenvalue weighted by molar-refractivity contribution is 5.79. The van der Waals surface area contributed by atoms with E-state index < -0.39 is 0 Å². The van der Waals surface area contributed by atoms with Gasteiger partial charge in [-0.15, -0.1) is 6.58 Å². The van der Waals surface area contributed by atoms with Gasteiger partial charge in [-0.25, -0.2) is 0 Å². The third kappa shape index (κ3) is 4.69. The second kappa shape index (κ2) is 7.41. The molecule has 1 fully saturated rings. The molecule has 0 saturated carbocycles. The molecule has 0 aliphatic carbocycles. The van der Waals surface area contributed by atoms with Crippen molar-refractivity contribution in [2.24, 2.45) is 4.99 Å². The summed E-state index contributed by atoms with van der Waals surface area (Å²) in [7, 11) is 1.80. The molecule has 0 aromatic rings. The quantitative estimate of drug-likeness (QED) is 0.443. The van der Waals surface area contributed by atoms with Gasteiger partial charge in [-0.05, 0) is 39.8 Å². The van der Waals surface area contributed by atoms with Crippen LogP contribution in [0.25, 0.3) is 0 Å². The SMILES string of the molecule is C=CCNC(=NC)NCC(C)(C)N1CCCCC1. The van der Waals surface area contributed by atoms with E-state index in [0.29, 0.717) is 0 Å². The van der Waals surface area contributed by atoms with Gasteiger partial charge >= 0.3 is 0 Å². The molecule has 1 heterocycles. The van der Waals surface area contributed by atoms with E-state index in [0.717, 1.165) is 19.0 Å². The molecule has 1 aliphatic heterocycles. The summed E-state index contributed by atoms with van der Waals surface area (Å²) in [4.78, 5) is 6.78. The van der Waals surface area contributed by atoms with Gasteiger partial charge in [0.15, 0.2) is 5.96 Å². The monoisotopic (exact) mass is 252 g/mol. The Balaban J connectivity index is 2.41. The van der Waals surface area contributed by atoms with Crippen molar-refractivity contribution in [3.63, 3.8) is 0 Å². The number of rotatable bonds is 5. The molecule has 0 amide bonds. The maximum atomic E-state index is 4.20. The molecule has 0 aromatic carbocycles. The number of piperidine rings is 1. The Morgan fingerprint density at radius 3 is 2.50 bits per heavy atom. The highest BCUT2D eigenvalue weighted by atomic mass is 15.2. The van der Waals surface area contributed by atoms with Crippen LogP contribution in [-0.2, 0) is 0 Å². The van der Waals surface area contributed by atoms with E-state index in [1.54, 1.807) is 7.05 Å². The van der Waals surface area contributed by atoms with Crippen LogP contribution in [0.1, 0.15) is 33.1 Å². The molecule has 0 atom stereocenters. The second-order valence-corrected chi connectivity index (χ2v) is 5.46. The fraction of sp³-hybridized carbons (Fsp3) is 0.786. The zero-order valence-corrected chi connectivity index (χ0v) is 12.1. The van der Waals surface area contributed by atoms with Crippen molar-refractivity contribution in [2.45, 2.75) is 38.6 Å². The fourth-order valence-electron chi connectivity index (χ4n) is 2.30. The lowest BCUT2D eigenvalue weighted by Gasteiger charge is -2.41. The topological polar surface area (TPSA) is 39.7 Å². The Morgan fingerprint density at radius 2 is 1.94 bits per heavy atom. The van der Waals surface area contributed by atoms with Gasteiger partial charge in [-0.3, -0.25) is 9.89 Å². The Morgan fingerprint density at radius 1 is 1.28 bits per heavy atom. The van der Waals surface area contributed by atoms with Gasteiger partial charge in [-0.1, -0.05) is 12.5 Å². The van der Waals surface area contributed by atoms with Gasteiger partial charge in [0.05, 0.1) is 0 Å². The summed E-state index contributed by atoms with van der Waals surface area (Å²) in [6.45, 7) is 12.4. The molecule has 18 heavy (non-hydrogen) atoms. The van der Waals surface area contributed by atoms with Crippen LogP contribution in [0.3, 0.4) is 0 Å². The first-order valence-electron chi connectivity index (χ1n) is 6.90. The van der Waals surface area contributed by atoms with Crippen molar-refractivity contribution in [2.75, 3.05) is 33.2 Å². The molecular weight excluding hydrogens is 224 g/mol. The molecule has 0 radical (unpaired) electrons. The minimum absolute atomic E-state index is 0.173. The molecule has 0 aromatic heterocycles. The first kappa shape index (κ1) is 15.0. The number of likely N-dealkylation sites (tertiary alicyclic amines) is 1. The third-order valence-electron chi connectivity index (χ3n) is 3.54. The minimum Gasteiger partial charge on any atom is -0.355 e. The third-order valence-corrected chi connectivity index (χ3v) is 3.54. The molecular formula is C14H28N4. The predicted molar refractivity (Wildman–Crippen MR) is 79.1 cm³/mol. The van der Waals surface area contributed by atoms with Crippen molar-refractivity contribution >= 4 is 5.96 Å². The molecule has 104 valence electrons. The number of nitrogens with one attached hydrogen (secondary N) is 2. The van der Waals surface area contributed by atoms with Gasteiger partial charge in [0.25, 0.3) is 0 Å². The lowest BCUT2D eigenvalue weighted by molar-refractivity contribution is 0.0982.